The summed E-state index contributed by atoms with van der Waals surface area (Å²) in [7, 11) is 0. The molecule has 2 nitrogen and oxygen atoms in total. The van der Waals surface area contributed by atoms with Crippen LogP contribution in [-0.4, -0.2) is 23.8 Å². The van der Waals surface area contributed by atoms with E-state index in [1.807, 2.05) is 0 Å². The van der Waals surface area contributed by atoms with Crippen LogP contribution in [0.15, 0.2) is 0 Å². The Hall–Kier alpha value is -0.0800. The van der Waals surface area contributed by atoms with Crippen molar-refractivity contribution in [2.45, 2.75) is 83.6 Å². The van der Waals surface area contributed by atoms with Crippen LogP contribution >= 0.6 is 0 Å². The largest absolute Gasteiger partial charge is 0.372 e. The van der Waals surface area contributed by atoms with E-state index in [1.54, 1.807) is 0 Å². The molecule has 0 aromatic carbocycles. The lowest BCUT2D eigenvalue weighted by Crippen LogP contribution is -2.35. The Morgan fingerprint density at radius 2 is 1.94 bits per heavy atom. The smallest absolute Gasteiger partial charge is 0.0631 e. The summed E-state index contributed by atoms with van der Waals surface area (Å²) in [5.41, 5.74) is 0.123. The molecular formula is C14H27NO. The molecule has 3 unspecified atom stereocenters. The van der Waals surface area contributed by atoms with E-state index < -0.39 is 0 Å². The van der Waals surface area contributed by atoms with Crippen LogP contribution in [0.2, 0.25) is 0 Å². The molecular weight excluding hydrogens is 198 g/mol. The SMILES string of the molecule is CC(CC1CCC(C)(C)O1)C(C)NC1CC1. The molecule has 0 bridgehead atoms. The van der Waals surface area contributed by atoms with Gasteiger partial charge in [-0.05, 0) is 58.8 Å². The Morgan fingerprint density at radius 1 is 1.25 bits per heavy atom. The molecule has 1 aliphatic carbocycles. The van der Waals surface area contributed by atoms with E-state index in [9.17, 15) is 0 Å². The van der Waals surface area contributed by atoms with Crippen molar-refractivity contribution >= 4 is 0 Å². The van der Waals surface area contributed by atoms with Gasteiger partial charge in [0.25, 0.3) is 0 Å². The molecule has 0 aromatic rings. The lowest BCUT2D eigenvalue weighted by Gasteiger charge is -2.25. The van der Waals surface area contributed by atoms with Gasteiger partial charge in [0, 0.05) is 12.1 Å². The summed E-state index contributed by atoms with van der Waals surface area (Å²) >= 11 is 0. The third-order valence-corrected chi connectivity index (χ3v) is 4.12. The Balaban J connectivity index is 1.71. The van der Waals surface area contributed by atoms with Crippen LogP contribution < -0.4 is 5.32 Å². The summed E-state index contributed by atoms with van der Waals surface area (Å²) in [6.45, 7) is 9.10. The van der Waals surface area contributed by atoms with Gasteiger partial charge in [0.05, 0.1) is 11.7 Å². The number of hydrogen-bond acceptors (Lipinski definition) is 2. The molecule has 2 aliphatic rings. The molecule has 3 atom stereocenters. The van der Waals surface area contributed by atoms with E-state index in [0.29, 0.717) is 12.1 Å². The average molecular weight is 225 g/mol. The summed E-state index contributed by atoms with van der Waals surface area (Å²) in [5.74, 6) is 0.722. The quantitative estimate of drug-likeness (QED) is 0.776. The molecule has 2 heteroatoms. The molecule has 0 aromatic heterocycles. The first-order chi connectivity index (χ1) is 7.46. The lowest BCUT2D eigenvalue weighted by molar-refractivity contribution is -0.0252. The summed E-state index contributed by atoms with van der Waals surface area (Å²) < 4.78 is 6.06. The molecule has 0 spiro atoms. The Labute approximate surface area is 100 Å². The molecule has 1 N–H and O–H groups in total. The summed E-state index contributed by atoms with van der Waals surface area (Å²) in [6.07, 6.45) is 6.93. The first-order valence-corrected chi connectivity index (χ1v) is 6.90. The number of hydrogen-bond donors (Lipinski definition) is 1. The zero-order chi connectivity index (χ0) is 11.8. The van der Waals surface area contributed by atoms with Gasteiger partial charge < -0.3 is 10.1 Å². The lowest BCUT2D eigenvalue weighted by atomic mass is 9.94. The van der Waals surface area contributed by atoms with Gasteiger partial charge >= 0.3 is 0 Å². The molecule has 2 rings (SSSR count). The van der Waals surface area contributed by atoms with Crippen LogP contribution in [0.5, 0.6) is 0 Å². The third kappa shape index (κ3) is 3.46. The second-order valence-corrected chi connectivity index (χ2v) is 6.48. The average Bonchev–Trinajstić information content (AvgIpc) is 2.92. The predicted octanol–water partition coefficient (Wildman–Crippen LogP) is 3.11. The minimum atomic E-state index is 0.123. The second kappa shape index (κ2) is 4.66. The maximum absolute atomic E-state index is 6.06. The van der Waals surface area contributed by atoms with Crippen molar-refractivity contribution in [3.8, 4) is 0 Å². The van der Waals surface area contributed by atoms with E-state index in [2.05, 4.69) is 33.0 Å². The van der Waals surface area contributed by atoms with Crippen LogP contribution in [0.4, 0.5) is 0 Å². The second-order valence-electron chi connectivity index (χ2n) is 6.48. The fourth-order valence-electron chi connectivity index (χ4n) is 2.65. The van der Waals surface area contributed by atoms with Gasteiger partial charge in [0.1, 0.15) is 0 Å². The highest BCUT2D eigenvalue weighted by molar-refractivity contribution is 4.87. The molecule has 94 valence electrons. The summed E-state index contributed by atoms with van der Waals surface area (Å²) in [5, 5.41) is 3.69. The van der Waals surface area contributed by atoms with Crippen molar-refractivity contribution in [3.05, 3.63) is 0 Å². The Kier molecular flexibility index (Phi) is 3.60. The predicted molar refractivity (Wildman–Crippen MR) is 67.6 cm³/mol. The highest BCUT2D eigenvalue weighted by Crippen LogP contribution is 2.33. The zero-order valence-electron chi connectivity index (χ0n) is 11.3. The van der Waals surface area contributed by atoms with Gasteiger partial charge in [-0.25, -0.2) is 0 Å². The number of rotatable bonds is 5. The van der Waals surface area contributed by atoms with Crippen molar-refractivity contribution in [1.82, 2.24) is 5.32 Å². The minimum absolute atomic E-state index is 0.123. The Bertz CT molecular complexity index is 235. The zero-order valence-corrected chi connectivity index (χ0v) is 11.3. The highest BCUT2D eigenvalue weighted by atomic mass is 16.5. The monoisotopic (exact) mass is 225 g/mol. The van der Waals surface area contributed by atoms with Crippen LogP contribution in [-0.2, 0) is 4.74 Å². The van der Waals surface area contributed by atoms with Gasteiger partial charge in [0.15, 0.2) is 0 Å². The van der Waals surface area contributed by atoms with Crippen LogP contribution in [0.1, 0.15) is 59.8 Å². The van der Waals surface area contributed by atoms with Gasteiger partial charge in [-0.1, -0.05) is 6.92 Å². The fraction of sp³-hybridized carbons (Fsp3) is 1.00. The van der Waals surface area contributed by atoms with Crippen LogP contribution in [0.3, 0.4) is 0 Å². The maximum Gasteiger partial charge on any atom is 0.0631 e. The minimum Gasteiger partial charge on any atom is -0.372 e. The number of nitrogens with one attached hydrogen (secondary N) is 1. The van der Waals surface area contributed by atoms with E-state index in [4.69, 9.17) is 4.74 Å². The van der Waals surface area contributed by atoms with Crippen molar-refractivity contribution in [1.29, 1.82) is 0 Å². The van der Waals surface area contributed by atoms with E-state index in [-0.39, 0.29) is 5.60 Å². The highest BCUT2D eigenvalue weighted by Gasteiger charge is 2.33. The van der Waals surface area contributed by atoms with Crippen molar-refractivity contribution in [2.24, 2.45) is 5.92 Å². The van der Waals surface area contributed by atoms with Gasteiger partial charge in [-0.2, -0.15) is 0 Å². The van der Waals surface area contributed by atoms with Crippen molar-refractivity contribution < 1.29 is 4.74 Å². The summed E-state index contributed by atoms with van der Waals surface area (Å²) in [6, 6.07) is 1.46. The first-order valence-electron chi connectivity index (χ1n) is 6.90. The fourth-order valence-corrected chi connectivity index (χ4v) is 2.65. The molecule has 0 radical (unpaired) electrons. The topological polar surface area (TPSA) is 21.3 Å². The Morgan fingerprint density at radius 3 is 2.44 bits per heavy atom. The molecule has 1 saturated carbocycles. The van der Waals surface area contributed by atoms with E-state index in [0.717, 1.165) is 12.0 Å². The van der Waals surface area contributed by atoms with E-state index in [1.165, 1.54) is 32.1 Å². The molecule has 0 amide bonds. The maximum atomic E-state index is 6.06. The third-order valence-electron chi connectivity index (χ3n) is 4.12. The van der Waals surface area contributed by atoms with Gasteiger partial charge in [-0.3, -0.25) is 0 Å². The molecule has 1 saturated heterocycles. The molecule has 1 heterocycles. The summed E-state index contributed by atoms with van der Waals surface area (Å²) in [4.78, 5) is 0. The normalized spacial score (nSPS) is 32.6. The van der Waals surface area contributed by atoms with Crippen LogP contribution in [0.25, 0.3) is 0 Å². The van der Waals surface area contributed by atoms with Crippen molar-refractivity contribution in [2.75, 3.05) is 0 Å². The van der Waals surface area contributed by atoms with Gasteiger partial charge in [0.2, 0.25) is 0 Å². The molecule has 1 aliphatic heterocycles. The van der Waals surface area contributed by atoms with Crippen molar-refractivity contribution in [3.63, 3.8) is 0 Å². The molecule has 16 heavy (non-hydrogen) atoms. The standard InChI is InChI=1S/C14H27NO/c1-10(11(2)15-12-5-6-12)9-13-7-8-14(3,4)16-13/h10-13,15H,5-9H2,1-4H3. The molecule has 2 fully saturated rings. The number of ether oxygens (including phenoxy) is 1. The first kappa shape index (κ1) is 12.4. The van der Waals surface area contributed by atoms with E-state index >= 15 is 0 Å². The van der Waals surface area contributed by atoms with Crippen LogP contribution in [0, 0.1) is 5.92 Å². The van der Waals surface area contributed by atoms with Gasteiger partial charge in [-0.15, -0.1) is 0 Å².